The van der Waals surface area contributed by atoms with Crippen LogP contribution in [0, 0.1) is 5.41 Å². The van der Waals surface area contributed by atoms with Crippen molar-refractivity contribution < 1.29 is 17.4 Å². The minimum atomic E-state index is -3.58. The van der Waals surface area contributed by atoms with Crippen molar-refractivity contribution in [2.75, 3.05) is 11.6 Å². The van der Waals surface area contributed by atoms with Crippen LogP contribution in [0.1, 0.15) is 40.2 Å². The molecular formula is C17H26ClNO4S. The molecule has 7 heteroatoms. The van der Waals surface area contributed by atoms with E-state index in [1.165, 1.54) is 6.92 Å². The van der Waals surface area contributed by atoms with E-state index < -0.39 is 15.5 Å². The summed E-state index contributed by atoms with van der Waals surface area (Å²) in [7, 11) is -3.58. The van der Waals surface area contributed by atoms with Gasteiger partial charge in [-0.2, -0.15) is 8.42 Å². The van der Waals surface area contributed by atoms with Gasteiger partial charge in [-0.05, 0) is 52.3 Å². The number of halogens is 1. The monoisotopic (exact) mass is 375 g/mol. The first-order valence-electron chi connectivity index (χ1n) is 7.90. The number of benzene rings is 1. The Balaban J connectivity index is 3.02. The summed E-state index contributed by atoms with van der Waals surface area (Å²) in [5.74, 6) is 0.340. The lowest BCUT2D eigenvalue weighted by Crippen LogP contribution is -2.45. The number of alkyl halides is 1. The summed E-state index contributed by atoms with van der Waals surface area (Å²) in [5, 5.41) is 0. The van der Waals surface area contributed by atoms with Crippen molar-refractivity contribution >= 4 is 27.6 Å². The zero-order valence-electron chi connectivity index (χ0n) is 14.9. The highest BCUT2D eigenvalue weighted by atomic mass is 35.5. The van der Waals surface area contributed by atoms with Crippen LogP contribution in [-0.4, -0.2) is 36.9 Å². The molecule has 0 saturated heterocycles. The van der Waals surface area contributed by atoms with Gasteiger partial charge in [-0.25, -0.2) is 0 Å². The number of hydrogen-bond acceptors (Lipinski definition) is 4. The van der Waals surface area contributed by atoms with Gasteiger partial charge in [0.05, 0.1) is 11.2 Å². The predicted molar refractivity (Wildman–Crippen MR) is 96.7 cm³/mol. The Morgan fingerprint density at radius 3 is 2.46 bits per heavy atom. The number of carbonyl (C=O) groups excluding carboxylic acids is 1. The van der Waals surface area contributed by atoms with Gasteiger partial charge in [-0.3, -0.25) is 4.79 Å². The van der Waals surface area contributed by atoms with Gasteiger partial charge in [0.15, 0.2) is 0 Å². The van der Waals surface area contributed by atoms with Crippen molar-refractivity contribution in [3.05, 3.63) is 29.8 Å². The van der Waals surface area contributed by atoms with Crippen molar-refractivity contribution in [1.29, 1.82) is 0 Å². The lowest BCUT2D eigenvalue weighted by Gasteiger charge is -2.33. The van der Waals surface area contributed by atoms with E-state index in [-0.39, 0.29) is 29.3 Å². The minimum absolute atomic E-state index is 0.0102. The number of amides is 1. The van der Waals surface area contributed by atoms with Gasteiger partial charge >= 0.3 is 10.1 Å². The Morgan fingerprint density at radius 2 is 1.96 bits per heavy atom. The van der Waals surface area contributed by atoms with E-state index in [9.17, 15) is 13.2 Å². The molecule has 0 fully saturated rings. The standard InChI is InChI=1S/C17H26ClNO4S/c1-6-24(21,22)23-15-9-7-8-14(10-15)11-19(13(2)3)16(20)17(4,5)12-18/h7-10,13H,6,11-12H2,1-5H3. The maximum absolute atomic E-state index is 12.7. The van der Waals surface area contributed by atoms with Crippen molar-refractivity contribution in [3.8, 4) is 5.75 Å². The average Bonchev–Trinajstić information content (AvgIpc) is 2.51. The number of nitrogens with zero attached hydrogens (tertiary/aromatic N) is 1. The van der Waals surface area contributed by atoms with E-state index in [0.29, 0.717) is 6.54 Å². The average molecular weight is 376 g/mol. The number of carbonyl (C=O) groups is 1. The Hall–Kier alpha value is -1.27. The van der Waals surface area contributed by atoms with E-state index in [0.717, 1.165) is 5.56 Å². The first-order valence-corrected chi connectivity index (χ1v) is 10.0. The van der Waals surface area contributed by atoms with Crippen LogP contribution in [0.3, 0.4) is 0 Å². The second-order valence-electron chi connectivity index (χ2n) is 6.62. The molecule has 0 spiro atoms. The van der Waals surface area contributed by atoms with Crippen molar-refractivity contribution in [1.82, 2.24) is 4.90 Å². The van der Waals surface area contributed by atoms with Crippen LogP contribution in [0.4, 0.5) is 0 Å². The molecule has 1 aromatic carbocycles. The van der Waals surface area contributed by atoms with Crippen LogP contribution in [0.5, 0.6) is 5.75 Å². The van der Waals surface area contributed by atoms with E-state index in [1.54, 1.807) is 23.1 Å². The number of rotatable bonds is 8. The van der Waals surface area contributed by atoms with E-state index in [1.807, 2.05) is 33.8 Å². The van der Waals surface area contributed by atoms with Gasteiger partial charge in [0.25, 0.3) is 0 Å². The zero-order chi connectivity index (χ0) is 18.5. The fourth-order valence-corrected chi connectivity index (χ4v) is 2.66. The van der Waals surface area contributed by atoms with E-state index in [4.69, 9.17) is 15.8 Å². The molecule has 0 saturated carbocycles. The Morgan fingerprint density at radius 1 is 1.33 bits per heavy atom. The van der Waals surface area contributed by atoms with Crippen molar-refractivity contribution in [2.45, 2.75) is 47.2 Å². The molecule has 0 heterocycles. The first kappa shape index (κ1) is 20.8. The molecule has 0 aromatic heterocycles. The topological polar surface area (TPSA) is 63.7 Å². The summed E-state index contributed by atoms with van der Waals surface area (Å²) in [5.41, 5.74) is 0.136. The summed E-state index contributed by atoms with van der Waals surface area (Å²) in [6.07, 6.45) is 0. The smallest absolute Gasteiger partial charge is 0.308 e. The second kappa shape index (κ2) is 8.21. The van der Waals surface area contributed by atoms with Gasteiger partial charge < -0.3 is 9.08 Å². The van der Waals surface area contributed by atoms with Crippen LogP contribution in [0.15, 0.2) is 24.3 Å². The summed E-state index contributed by atoms with van der Waals surface area (Å²) in [4.78, 5) is 14.4. The Labute approximate surface area is 150 Å². The largest absolute Gasteiger partial charge is 0.382 e. The highest BCUT2D eigenvalue weighted by Gasteiger charge is 2.32. The molecule has 0 radical (unpaired) electrons. The summed E-state index contributed by atoms with van der Waals surface area (Å²) in [6.45, 7) is 9.37. The molecular weight excluding hydrogens is 350 g/mol. The van der Waals surface area contributed by atoms with Crippen molar-refractivity contribution in [2.24, 2.45) is 5.41 Å². The first-order chi connectivity index (χ1) is 11.0. The third-order valence-electron chi connectivity index (χ3n) is 3.63. The third-order valence-corrected chi connectivity index (χ3v) is 5.45. The zero-order valence-corrected chi connectivity index (χ0v) is 16.4. The van der Waals surface area contributed by atoms with E-state index in [2.05, 4.69) is 0 Å². The molecule has 24 heavy (non-hydrogen) atoms. The summed E-state index contributed by atoms with van der Waals surface area (Å²) < 4.78 is 28.2. The second-order valence-corrected chi connectivity index (χ2v) is 8.75. The van der Waals surface area contributed by atoms with Crippen LogP contribution < -0.4 is 4.18 Å². The molecule has 136 valence electrons. The highest BCUT2D eigenvalue weighted by molar-refractivity contribution is 7.87. The fraction of sp³-hybridized carbons (Fsp3) is 0.588. The van der Waals surface area contributed by atoms with Gasteiger partial charge in [0.2, 0.25) is 5.91 Å². The SMILES string of the molecule is CCS(=O)(=O)Oc1cccc(CN(C(=O)C(C)(C)CCl)C(C)C)c1. The molecule has 0 aliphatic rings. The molecule has 0 unspecified atom stereocenters. The van der Waals surface area contributed by atoms with Gasteiger partial charge in [-0.1, -0.05) is 12.1 Å². The molecule has 0 aliphatic heterocycles. The predicted octanol–water partition coefficient (Wildman–Crippen LogP) is 3.42. The lowest BCUT2D eigenvalue weighted by molar-refractivity contribution is -0.141. The van der Waals surface area contributed by atoms with E-state index >= 15 is 0 Å². The molecule has 0 aliphatic carbocycles. The fourth-order valence-electron chi connectivity index (χ4n) is 2.03. The minimum Gasteiger partial charge on any atom is -0.382 e. The summed E-state index contributed by atoms with van der Waals surface area (Å²) >= 11 is 5.92. The summed E-state index contributed by atoms with van der Waals surface area (Å²) in [6, 6.07) is 6.77. The molecule has 0 N–H and O–H groups in total. The lowest BCUT2D eigenvalue weighted by atomic mass is 9.93. The molecule has 0 atom stereocenters. The van der Waals surface area contributed by atoms with Gasteiger partial charge in [0, 0.05) is 18.5 Å². The normalized spacial score (nSPS) is 12.3. The van der Waals surface area contributed by atoms with Crippen LogP contribution in [0.25, 0.3) is 0 Å². The number of hydrogen-bond donors (Lipinski definition) is 0. The molecule has 1 amide bonds. The molecule has 0 bridgehead atoms. The Bertz CT molecular complexity index is 671. The highest BCUT2D eigenvalue weighted by Crippen LogP contribution is 2.25. The van der Waals surface area contributed by atoms with Crippen LogP contribution in [-0.2, 0) is 21.5 Å². The van der Waals surface area contributed by atoms with Crippen LogP contribution in [0.2, 0.25) is 0 Å². The van der Waals surface area contributed by atoms with Gasteiger partial charge in [-0.15, -0.1) is 11.6 Å². The maximum Gasteiger partial charge on any atom is 0.308 e. The van der Waals surface area contributed by atoms with Crippen LogP contribution >= 0.6 is 11.6 Å². The molecule has 5 nitrogen and oxygen atoms in total. The quantitative estimate of drug-likeness (QED) is 0.516. The molecule has 1 aromatic rings. The third kappa shape index (κ3) is 5.67. The van der Waals surface area contributed by atoms with Crippen molar-refractivity contribution in [3.63, 3.8) is 0 Å². The Kier molecular flexibility index (Phi) is 7.10. The molecule has 1 rings (SSSR count). The van der Waals surface area contributed by atoms with Gasteiger partial charge in [0.1, 0.15) is 5.75 Å². The maximum atomic E-state index is 12.7.